The number of aromatic nitrogens is 2. The summed E-state index contributed by atoms with van der Waals surface area (Å²) in [5, 5.41) is 27.2. The second kappa shape index (κ2) is 7.61. The molecule has 0 bridgehead atoms. The Labute approximate surface area is 123 Å². The third-order valence-corrected chi connectivity index (χ3v) is 3.36. The monoisotopic (exact) mass is 298 g/mol. The minimum absolute atomic E-state index is 0.00970. The Hall–Kier alpha value is -2.12. The van der Waals surface area contributed by atoms with Gasteiger partial charge in [-0.05, 0) is 12.3 Å². The van der Waals surface area contributed by atoms with Crippen molar-refractivity contribution in [2.24, 2.45) is 13.0 Å². The molecule has 0 aliphatic heterocycles. The normalized spacial score (nSPS) is 12.1. The van der Waals surface area contributed by atoms with E-state index in [1.54, 1.807) is 7.05 Å². The maximum absolute atomic E-state index is 11.2. The van der Waals surface area contributed by atoms with Crippen molar-refractivity contribution < 1.29 is 14.8 Å². The van der Waals surface area contributed by atoms with Gasteiger partial charge in [0.25, 0.3) is 0 Å². The quantitative estimate of drug-likeness (QED) is 0.534. The van der Waals surface area contributed by atoms with E-state index in [1.165, 1.54) is 4.68 Å². The van der Waals surface area contributed by atoms with Gasteiger partial charge in [-0.1, -0.05) is 26.7 Å². The molecule has 0 aliphatic carbocycles. The van der Waals surface area contributed by atoms with E-state index >= 15 is 0 Å². The number of hydrogen-bond donors (Lipinski definition) is 2. The van der Waals surface area contributed by atoms with E-state index in [4.69, 9.17) is 5.11 Å². The first-order chi connectivity index (χ1) is 9.90. The van der Waals surface area contributed by atoms with E-state index in [0.717, 1.165) is 6.42 Å². The minimum atomic E-state index is -0.866. The number of carbonyl (C=O) groups is 1. The van der Waals surface area contributed by atoms with Crippen molar-refractivity contribution in [3.8, 4) is 0 Å². The van der Waals surface area contributed by atoms with Crippen LogP contribution in [-0.4, -0.2) is 32.3 Å². The molecule has 1 aromatic heterocycles. The predicted molar refractivity (Wildman–Crippen MR) is 78.4 cm³/mol. The second-order valence-corrected chi connectivity index (χ2v) is 5.03. The van der Waals surface area contributed by atoms with E-state index in [1.807, 2.05) is 13.8 Å². The van der Waals surface area contributed by atoms with Crippen LogP contribution < -0.4 is 5.32 Å². The van der Waals surface area contributed by atoms with Gasteiger partial charge in [0.05, 0.1) is 4.92 Å². The van der Waals surface area contributed by atoms with Gasteiger partial charge in [0.1, 0.15) is 5.69 Å². The Balaban J connectivity index is 2.91. The molecule has 1 heterocycles. The summed E-state index contributed by atoms with van der Waals surface area (Å²) in [6.45, 7) is 4.20. The van der Waals surface area contributed by atoms with Crippen molar-refractivity contribution in [3.05, 3.63) is 15.8 Å². The van der Waals surface area contributed by atoms with Crippen LogP contribution in [0.25, 0.3) is 0 Å². The summed E-state index contributed by atoms with van der Waals surface area (Å²) in [5.41, 5.74) is 0.448. The molecule has 0 fully saturated rings. The van der Waals surface area contributed by atoms with Crippen molar-refractivity contribution in [2.75, 3.05) is 11.9 Å². The van der Waals surface area contributed by atoms with Gasteiger partial charge >= 0.3 is 11.7 Å². The number of aliphatic carboxylic acids is 1. The lowest BCUT2D eigenvalue weighted by atomic mass is 10.0. The topological polar surface area (TPSA) is 110 Å². The molecule has 1 rings (SSSR count). The van der Waals surface area contributed by atoms with Crippen LogP contribution in [0.3, 0.4) is 0 Å². The summed E-state index contributed by atoms with van der Waals surface area (Å²) in [6, 6.07) is 0. The molecular formula is C13H22N4O4. The molecule has 0 spiro atoms. The SMILES string of the molecule is CCCc1nn(C)c(NCC(CC)CC(=O)O)c1[N+](=O)[O-]. The van der Waals surface area contributed by atoms with Crippen molar-refractivity contribution in [2.45, 2.75) is 39.5 Å². The lowest BCUT2D eigenvalue weighted by molar-refractivity contribution is -0.384. The first-order valence-corrected chi connectivity index (χ1v) is 7.06. The van der Waals surface area contributed by atoms with Crippen LogP contribution in [0.1, 0.15) is 38.8 Å². The molecule has 1 atom stereocenters. The molecule has 0 radical (unpaired) electrons. The van der Waals surface area contributed by atoms with Crippen LogP contribution in [0.2, 0.25) is 0 Å². The van der Waals surface area contributed by atoms with E-state index in [-0.39, 0.29) is 18.0 Å². The summed E-state index contributed by atoms with van der Waals surface area (Å²) in [6.07, 6.45) is 2.04. The predicted octanol–water partition coefficient (Wildman–Crippen LogP) is 2.19. The number of aryl methyl sites for hydroxylation is 2. The zero-order valence-electron chi connectivity index (χ0n) is 12.6. The molecule has 21 heavy (non-hydrogen) atoms. The molecule has 0 saturated carbocycles. The standard InChI is InChI=1S/C13H22N4O4/c1-4-6-10-12(17(20)21)13(16(3)15-10)14-8-9(5-2)7-11(18)19/h9,14H,4-8H2,1-3H3,(H,18,19). The zero-order chi connectivity index (χ0) is 16.0. The highest BCUT2D eigenvalue weighted by atomic mass is 16.6. The largest absolute Gasteiger partial charge is 0.481 e. The molecule has 0 saturated heterocycles. The maximum atomic E-state index is 11.2. The summed E-state index contributed by atoms with van der Waals surface area (Å²) < 4.78 is 1.45. The molecular weight excluding hydrogens is 276 g/mol. The molecule has 0 aromatic carbocycles. The van der Waals surface area contributed by atoms with Gasteiger partial charge in [0, 0.05) is 20.0 Å². The molecule has 8 nitrogen and oxygen atoms in total. The van der Waals surface area contributed by atoms with E-state index in [0.29, 0.717) is 30.9 Å². The Morgan fingerprint density at radius 2 is 2.19 bits per heavy atom. The van der Waals surface area contributed by atoms with Crippen LogP contribution in [0.4, 0.5) is 11.5 Å². The van der Waals surface area contributed by atoms with Gasteiger partial charge in [-0.15, -0.1) is 0 Å². The maximum Gasteiger partial charge on any atom is 0.333 e. The summed E-state index contributed by atoms with van der Waals surface area (Å²) in [4.78, 5) is 21.6. The minimum Gasteiger partial charge on any atom is -0.481 e. The fraction of sp³-hybridized carbons (Fsp3) is 0.692. The second-order valence-electron chi connectivity index (χ2n) is 5.03. The van der Waals surface area contributed by atoms with Gasteiger partial charge < -0.3 is 10.4 Å². The van der Waals surface area contributed by atoms with Gasteiger partial charge in [0.2, 0.25) is 5.82 Å². The Morgan fingerprint density at radius 1 is 1.52 bits per heavy atom. The molecule has 0 amide bonds. The number of anilines is 1. The molecule has 0 aliphatic rings. The molecule has 118 valence electrons. The molecule has 1 aromatic rings. The Bertz CT molecular complexity index is 513. The average molecular weight is 298 g/mol. The number of nitrogens with zero attached hydrogens (tertiary/aromatic N) is 3. The van der Waals surface area contributed by atoms with E-state index in [9.17, 15) is 14.9 Å². The number of carboxylic acid groups (broad SMARTS) is 1. The fourth-order valence-electron chi connectivity index (χ4n) is 2.21. The number of rotatable bonds is 9. The van der Waals surface area contributed by atoms with Crippen molar-refractivity contribution >= 4 is 17.5 Å². The Morgan fingerprint density at radius 3 is 2.67 bits per heavy atom. The summed E-state index contributed by atoms with van der Waals surface area (Å²) >= 11 is 0. The highest BCUT2D eigenvalue weighted by molar-refractivity contribution is 5.67. The molecule has 2 N–H and O–H groups in total. The highest BCUT2D eigenvalue weighted by Crippen LogP contribution is 2.29. The van der Waals surface area contributed by atoms with E-state index < -0.39 is 10.9 Å². The summed E-state index contributed by atoms with van der Waals surface area (Å²) in [7, 11) is 1.65. The Kier molecular flexibility index (Phi) is 6.13. The first kappa shape index (κ1) is 16.9. The molecule has 8 heteroatoms. The van der Waals surface area contributed by atoms with Crippen molar-refractivity contribution in [1.29, 1.82) is 0 Å². The third kappa shape index (κ3) is 4.44. The van der Waals surface area contributed by atoms with Crippen LogP contribution in [0.5, 0.6) is 0 Å². The van der Waals surface area contributed by atoms with Crippen LogP contribution in [-0.2, 0) is 18.3 Å². The fourth-order valence-corrected chi connectivity index (χ4v) is 2.21. The van der Waals surface area contributed by atoms with Gasteiger partial charge in [-0.3, -0.25) is 14.9 Å². The van der Waals surface area contributed by atoms with Crippen LogP contribution >= 0.6 is 0 Å². The van der Waals surface area contributed by atoms with Crippen molar-refractivity contribution in [3.63, 3.8) is 0 Å². The molecule has 1 unspecified atom stereocenters. The van der Waals surface area contributed by atoms with Crippen molar-refractivity contribution in [1.82, 2.24) is 9.78 Å². The smallest absolute Gasteiger partial charge is 0.333 e. The zero-order valence-corrected chi connectivity index (χ0v) is 12.6. The number of carboxylic acids is 1. The van der Waals surface area contributed by atoms with E-state index in [2.05, 4.69) is 10.4 Å². The van der Waals surface area contributed by atoms with Gasteiger partial charge in [-0.25, -0.2) is 4.68 Å². The lowest BCUT2D eigenvalue weighted by Crippen LogP contribution is -2.19. The van der Waals surface area contributed by atoms with Crippen LogP contribution in [0.15, 0.2) is 0 Å². The van der Waals surface area contributed by atoms with Gasteiger partial charge in [0.15, 0.2) is 0 Å². The van der Waals surface area contributed by atoms with Gasteiger partial charge in [-0.2, -0.15) is 5.10 Å². The number of nitro groups is 1. The number of hydrogen-bond acceptors (Lipinski definition) is 5. The third-order valence-electron chi connectivity index (χ3n) is 3.36. The lowest BCUT2D eigenvalue weighted by Gasteiger charge is -2.13. The summed E-state index contributed by atoms with van der Waals surface area (Å²) in [5.74, 6) is -0.603. The van der Waals surface area contributed by atoms with Crippen LogP contribution in [0, 0.1) is 16.0 Å². The highest BCUT2D eigenvalue weighted by Gasteiger charge is 2.26. The first-order valence-electron chi connectivity index (χ1n) is 7.06. The average Bonchev–Trinajstić information content (AvgIpc) is 2.70. The number of nitrogens with one attached hydrogen (secondary N) is 1.